The average Bonchev–Trinajstić information content (AvgIpc) is 3.21. The molecule has 5 atom stereocenters. The molecular formula is C28H50F8O21. The minimum atomic E-state index is -1.36. The van der Waals surface area contributed by atoms with Crippen molar-refractivity contribution in [2.75, 3.05) is 145 Å². The largest absolute Gasteiger partial charge is 0.376 e. The van der Waals surface area contributed by atoms with E-state index in [0.717, 1.165) is 0 Å². The highest BCUT2D eigenvalue weighted by Gasteiger charge is 2.24. The minimum absolute atomic E-state index is 0.142. The van der Waals surface area contributed by atoms with E-state index in [1.165, 1.54) is 0 Å². The van der Waals surface area contributed by atoms with Crippen molar-refractivity contribution in [1.82, 2.24) is 0 Å². The predicted octanol–water partition coefficient (Wildman–Crippen LogP) is 2.37. The maximum absolute atomic E-state index is 12.5. The summed E-state index contributed by atoms with van der Waals surface area (Å²) in [6, 6.07) is 0. The van der Waals surface area contributed by atoms with Gasteiger partial charge in [-0.15, -0.1) is 0 Å². The molecule has 0 spiro atoms. The fourth-order valence-electron chi connectivity index (χ4n) is 3.96. The molecule has 0 aliphatic heterocycles. The number of hydrogen-bond donors (Lipinski definition) is 0. The lowest BCUT2D eigenvalue weighted by atomic mass is 10.3. The van der Waals surface area contributed by atoms with Crippen LogP contribution < -0.4 is 0 Å². The fourth-order valence-corrected chi connectivity index (χ4v) is 3.96. The van der Waals surface area contributed by atoms with Gasteiger partial charge < -0.3 is 47.4 Å². The minimum Gasteiger partial charge on any atom is -0.376 e. The molecule has 344 valence electrons. The van der Waals surface area contributed by atoms with E-state index >= 15 is 0 Å². The molecule has 0 bridgehead atoms. The number of rotatable bonds is 48. The third-order valence-electron chi connectivity index (χ3n) is 6.31. The second-order valence-electron chi connectivity index (χ2n) is 10.7. The summed E-state index contributed by atoms with van der Waals surface area (Å²) in [7, 11) is 0. The van der Waals surface area contributed by atoms with Crippen molar-refractivity contribution >= 4 is 0 Å². The molecule has 0 rings (SSSR count). The lowest BCUT2D eigenvalue weighted by Gasteiger charge is -2.27. The van der Waals surface area contributed by atoms with Crippen LogP contribution in [0.3, 0.4) is 0 Å². The highest BCUT2D eigenvalue weighted by atomic mass is 19.3. The Morgan fingerprint density at radius 1 is 0.263 bits per heavy atom. The van der Waals surface area contributed by atoms with Gasteiger partial charge in [-0.3, -0.25) is 0 Å². The number of ether oxygens (including phenoxy) is 10. The van der Waals surface area contributed by atoms with Crippen molar-refractivity contribution in [1.29, 1.82) is 0 Å². The lowest BCUT2D eigenvalue weighted by molar-refractivity contribution is -0.482. The third-order valence-corrected chi connectivity index (χ3v) is 6.31. The van der Waals surface area contributed by atoms with Gasteiger partial charge in [-0.2, -0.15) is 39.4 Å². The van der Waals surface area contributed by atoms with E-state index in [9.17, 15) is 36.2 Å². The van der Waals surface area contributed by atoms with E-state index in [0.29, 0.717) is 0 Å². The maximum Gasteiger partial charge on any atom is 0.146 e. The van der Waals surface area contributed by atoms with Crippen LogP contribution in [0.4, 0.5) is 36.2 Å². The van der Waals surface area contributed by atoms with Crippen LogP contribution in [-0.2, 0) is 102 Å². The molecule has 0 amide bonds. The van der Waals surface area contributed by atoms with Gasteiger partial charge in [0, 0.05) is 0 Å². The molecule has 57 heavy (non-hydrogen) atoms. The van der Waals surface area contributed by atoms with Gasteiger partial charge in [0.05, 0.1) is 106 Å². The Hall–Kier alpha value is -1.40. The molecule has 0 aromatic carbocycles. The zero-order valence-electron chi connectivity index (χ0n) is 30.6. The zero-order chi connectivity index (χ0) is 41.9. The highest BCUT2D eigenvalue weighted by molar-refractivity contribution is 4.67. The Labute approximate surface area is 320 Å². The van der Waals surface area contributed by atoms with Crippen LogP contribution in [0.15, 0.2) is 0 Å². The van der Waals surface area contributed by atoms with Crippen molar-refractivity contribution in [3.8, 4) is 0 Å². The Bertz CT molecular complexity index is 773. The molecule has 0 saturated carbocycles. The molecule has 0 N–H and O–H groups in total. The van der Waals surface area contributed by atoms with Gasteiger partial charge in [-0.05, 0) is 51.5 Å². The van der Waals surface area contributed by atoms with Crippen molar-refractivity contribution in [2.45, 2.75) is 36.6 Å². The van der Waals surface area contributed by atoms with Gasteiger partial charge in [0.2, 0.25) is 0 Å². The van der Waals surface area contributed by atoms with Gasteiger partial charge in [-0.1, -0.05) is 0 Å². The number of hydrogen-bond acceptors (Lipinski definition) is 21. The Kier molecular flexibility index (Phi) is 43.1. The molecule has 5 unspecified atom stereocenters. The van der Waals surface area contributed by atoms with E-state index in [1.807, 2.05) is 0 Å². The summed E-state index contributed by atoms with van der Waals surface area (Å²) >= 11 is 0. The maximum atomic E-state index is 12.5. The highest BCUT2D eigenvalue weighted by Crippen LogP contribution is 2.09. The topological polar surface area (TPSA) is 194 Å². The van der Waals surface area contributed by atoms with Gasteiger partial charge in [0.1, 0.15) is 76.3 Å². The smallest absolute Gasteiger partial charge is 0.146 e. The first-order valence-corrected chi connectivity index (χ1v) is 16.9. The Morgan fingerprint density at radius 3 is 0.912 bits per heavy atom. The van der Waals surface area contributed by atoms with E-state index in [1.54, 1.807) is 0 Å². The normalized spacial score (nSPS) is 15.2. The van der Waals surface area contributed by atoms with E-state index < -0.39 is 76.3 Å². The van der Waals surface area contributed by atoms with Crippen LogP contribution in [0, 0.1) is 0 Å². The summed E-state index contributed by atoms with van der Waals surface area (Å²) in [4.78, 5) is 30.0. The predicted molar refractivity (Wildman–Crippen MR) is 161 cm³/mol. The molecule has 0 aliphatic rings. The lowest BCUT2D eigenvalue weighted by Crippen LogP contribution is -2.39. The molecule has 29 heteroatoms. The first kappa shape index (κ1) is 55.6. The third kappa shape index (κ3) is 36.2. The molecule has 0 heterocycles. The van der Waals surface area contributed by atoms with Crippen LogP contribution in [0.25, 0.3) is 0 Å². The van der Waals surface area contributed by atoms with Gasteiger partial charge in [-0.25, -0.2) is 0 Å². The summed E-state index contributed by atoms with van der Waals surface area (Å²) in [6.45, 7) is -6.88. The molecule has 0 saturated heterocycles. The van der Waals surface area contributed by atoms with Crippen LogP contribution in [-0.4, -0.2) is 182 Å². The number of halogens is 8. The molecule has 0 aromatic rings. The van der Waals surface area contributed by atoms with Crippen molar-refractivity contribution in [2.24, 2.45) is 0 Å². The Morgan fingerprint density at radius 2 is 0.561 bits per heavy atom. The van der Waals surface area contributed by atoms with Gasteiger partial charge >= 0.3 is 0 Å². The van der Waals surface area contributed by atoms with Crippen LogP contribution >= 0.6 is 0 Å². The summed E-state index contributed by atoms with van der Waals surface area (Å²) in [6.07, 6.45) is -6.32. The summed E-state index contributed by atoms with van der Waals surface area (Å²) < 4.78 is 152. The van der Waals surface area contributed by atoms with Crippen molar-refractivity contribution in [3.05, 3.63) is 0 Å². The van der Waals surface area contributed by atoms with Crippen LogP contribution in [0.2, 0.25) is 0 Å². The van der Waals surface area contributed by atoms with Crippen molar-refractivity contribution < 1.29 is 138 Å². The summed E-state index contributed by atoms with van der Waals surface area (Å²) in [5.74, 6) is 0. The summed E-state index contributed by atoms with van der Waals surface area (Å²) in [5, 5.41) is 9.26. The SMILES string of the molecule is FOCCOCC(COCC(COCC(COCCOF)OCCOF)OC(COCC(COCCOF)OOF)COCC(COOF)OOF)OCCOF. The second-order valence-corrected chi connectivity index (χ2v) is 10.7. The molecule has 21 nitrogen and oxygen atoms in total. The monoisotopic (exact) mass is 874 g/mol. The first-order valence-electron chi connectivity index (χ1n) is 16.9. The summed E-state index contributed by atoms with van der Waals surface area (Å²) in [5.41, 5.74) is 0. The molecule has 0 aliphatic carbocycles. The molecule has 0 aromatic heterocycles. The molecule has 0 radical (unpaired) electrons. The molecule has 0 fully saturated rings. The van der Waals surface area contributed by atoms with Crippen molar-refractivity contribution in [3.63, 3.8) is 0 Å². The zero-order valence-corrected chi connectivity index (χ0v) is 30.6. The van der Waals surface area contributed by atoms with Crippen LogP contribution in [0.5, 0.6) is 0 Å². The Balaban J connectivity index is 5.93. The molecular weight excluding hydrogens is 824 g/mol. The van der Waals surface area contributed by atoms with E-state index in [4.69, 9.17) is 47.4 Å². The average molecular weight is 875 g/mol. The van der Waals surface area contributed by atoms with E-state index in [2.05, 4.69) is 54.6 Å². The first-order chi connectivity index (χ1) is 28.0. The van der Waals surface area contributed by atoms with E-state index in [-0.39, 0.29) is 106 Å². The second kappa shape index (κ2) is 44.2. The quantitative estimate of drug-likeness (QED) is 0.0374. The fraction of sp³-hybridized carbons (Fsp3) is 1.00. The van der Waals surface area contributed by atoms with Gasteiger partial charge in [0.15, 0.2) is 0 Å². The van der Waals surface area contributed by atoms with Gasteiger partial charge in [0.25, 0.3) is 0 Å². The van der Waals surface area contributed by atoms with Crippen LogP contribution in [0.1, 0.15) is 0 Å². The standard InChI is InChI=1S/C28H50F8O21/c29-46-6-1-37-11-23(44-4-9-49-32)13-40-15-25(16-41-14-24(45-5-10-50-33)12-38-2-7-47-30)52-26(18-43-21-28(54-57-36)22-51-55-34)17-42-20-27(53-56-35)19-39-3-8-48-31/h23-28H,1-22H2.